The molecule has 0 saturated carbocycles. The molecule has 0 aliphatic carbocycles. The second-order valence-corrected chi connectivity index (χ2v) is 2.01. The predicted molar refractivity (Wildman–Crippen MR) is 26.9 cm³/mol. The normalized spacial score (nSPS) is 31.7. The number of halogens is 1. The fourth-order valence-corrected chi connectivity index (χ4v) is 0.895. The Morgan fingerprint density at radius 3 is 2.57 bits per heavy atom. The third kappa shape index (κ3) is 0.940. The summed E-state index contributed by atoms with van der Waals surface area (Å²) in [7, 11) is 0. The van der Waals surface area contributed by atoms with Gasteiger partial charge in [-0.1, -0.05) is 6.42 Å². The molecule has 1 aliphatic rings. The molecule has 0 spiro atoms. The highest BCUT2D eigenvalue weighted by atomic mass is 19.1. The molecule has 3 heteroatoms. The summed E-state index contributed by atoms with van der Waals surface area (Å²) in [6.07, 6.45) is 2.06. The molecule has 0 bridgehead atoms. The molecule has 1 heterocycles. The molecule has 1 saturated heterocycles. The standard InChI is InChI=1S/C4H8BFO/c6-5-3-1-2-4(5)7/h4,7H,1-3H2. The van der Waals surface area contributed by atoms with E-state index in [4.69, 9.17) is 5.11 Å². The maximum atomic E-state index is 12.1. The molecule has 0 amide bonds. The van der Waals surface area contributed by atoms with Crippen LogP contribution >= 0.6 is 0 Å². The quantitative estimate of drug-likeness (QED) is 0.445. The molecule has 1 unspecified atom stereocenters. The first-order valence-electron chi connectivity index (χ1n) is 2.63. The molecular formula is C4H8BFO. The van der Waals surface area contributed by atoms with Crippen LogP contribution in [0.4, 0.5) is 4.32 Å². The van der Waals surface area contributed by atoms with Gasteiger partial charge in [-0.2, -0.15) is 0 Å². The molecule has 1 fully saturated rings. The molecule has 40 valence electrons. The maximum Gasteiger partial charge on any atom is 0.377 e. The first-order chi connectivity index (χ1) is 3.30. The van der Waals surface area contributed by atoms with Crippen molar-refractivity contribution in [2.45, 2.75) is 25.2 Å². The van der Waals surface area contributed by atoms with Gasteiger partial charge >= 0.3 is 6.99 Å². The van der Waals surface area contributed by atoms with Crippen LogP contribution in [0.1, 0.15) is 12.8 Å². The van der Waals surface area contributed by atoms with Crippen LogP contribution in [-0.2, 0) is 0 Å². The van der Waals surface area contributed by atoms with Gasteiger partial charge in [0, 0.05) is 0 Å². The van der Waals surface area contributed by atoms with Crippen molar-refractivity contribution in [2.24, 2.45) is 0 Å². The van der Waals surface area contributed by atoms with Gasteiger partial charge < -0.3 is 9.42 Å². The van der Waals surface area contributed by atoms with Gasteiger partial charge in [0.05, 0.1) is 6.00 Å². The SMILES string of the molecule is OC1CCCB1F. The summed E-state index contributed by atoms with van der Waals surface area (Å²) in [5, 5.41) is 8.62. The summed E-state index contributed by atoms with van der Waals surface area (Å²) in [6, 6.07) is -0.653. The first kappa shape index (κ1) is 5.10. The molecular weight excluding hydrogens is 93.9 g/mol. The van der Waals surface area contributed by atoms with Crippen LogP contribution in [0.25, 0.3) is 0 Å². The molecule has 0 aromatic rings. The Bertz CT molecular complexity index is 60.7. The third-order valence-corrected chi connectivity index (χ3v) is 1.40. The molecule has 7 heavy (non-hydrogen) atoms. The zero-order valence-corrected chi connectivity index (χ0v) is 4.10. The third-order valence-electron chi connectivity index (χ3n) is 1.40. The smallest absolute Gasteiger partial charge is 0.377 e. The fourth-order valence-electron chi connectivity index (χ4n) is 0.895. The number of aliphatic hydroxyl groups excluding tert-OH is 1. The van der Waals surface area contributed by atoms with Crippen LogP contribution in [0.2, 0.25) is 6.32 Å². The molecule has 0 aromatic heterocycles. The highest BCUT2D eigenvalue weighted by Gasteiger charge is 2.29. The second-order valence-electron chi connectivity index (χ2n) is 2.01. The van der Waals surface area contributed by atoms with E-state index < -0.39 is 13.0 Å². The van der Waals surface area contributed by atoms with E-state index in [1.54, 1.807) is 0 Å². The van der Waals surface area contributed by atoms with Gasteiger partial charge in [-0.15, -0.1) is 0 Å². The lowest BCUT2D eigenvalue weighted by atomic mass is 9.68. The predicted octanol–water partition coefficient (Wildman–Crippen LogP) is 0.641. The number of hydrogen-bond donors (Lipinski definition) is 1. The molecule has 1 aliphatic heterocycles. The van der Waals surface area contributed by atoms with Crippen LogP contribution in [0.5, 0.6) is 0 Å². The highest BCUT2D eigenvalue weighted by Crippen LogP contribution is 2.18. The minimum absolute atomic E-state index is 0.557. The van der Waals surface area contributed by atoms with Crippen molar-refractivity contribution >= 4 is 6.99 Å². The molecule has 1 N–H and O–H groups in total. The van der Waals surface area contributed by atoms with Crippen molar-refractivity contribution < 1.29 is 9.42 Å². The zero-order chi connectivity index (χ0) is 5.28. The summed E-state index contributed by atoms with van der Waals surface area (Å²) in [4.78, 5) is 0. The van der Waals surface area contributed by atoms with Crippen LogP contribution in [0, 0.1) is 0 Å². The lowest BCUT2D eigenvalue weighted by Crippen LogP contribution is -2.17. The molecule has 1 atom stereocenters. The van der Waals surface area contributed by atoms with Gasteiger partial charge in [-0.3, -0.25) is 0 Å². The summed E-state index contributed by atoms with van der Waals surface area (Å²) in [6.45, 7) is -0.931. The van der Waals surface area contributed by atoms with E-state index in [1.165, 1.54) is 0 Å². The van der Waals surface area contributed by atoms with Crippen molar-refractivity contribution in [3.63, 3.8) is 0 Å². The Balaban J connectivity index is 2.33. The molecule has 0 aromatic carbocycles. The average molecular weight is 102 g/mol. The monoisotopic (exact) mass is 102 g/mol. The summed E-state index contributed by atoms with van der Waals surface area (Å²) in [5.74, 6) is 0. The Hall–Kier alpha value is -0.0451. The van der Waals surface area contributed by atoms with Gasteiger partial charge in [0.15, 0.2) is 0 Å². The summed E-state index contributed by atoms with van der Waals surface area (Å²) >= 11 is 0. The van der Waals surface area contributed by atoms with Gasteiger partial charge in [-0.05, 0) is 12.7 Å². The molecule has 1 rings (SSSR count). The summed E-state index contributed by atoms with van der Waals surface area (Å²) in [5.41, 5.74) is 0. The van der Waals surface area contributed by atoms with E-state index in [1.807, 2.05) is 0 Å². The van der Waals surface area contributed by atoms with Crippen LogP contribution < -0.4 is 0 Å². The first-order valence-corrected chi connectivity index (χ1v) is 2.63. The fraction of sp³-hybridized carbons (Fsp3) is 1.00. The van der Waals surface area contributed by atoms with Gasteiger partial charge in [0.2, 0.25) is 0 Å². The van der Waals surface area contributed by atoms with Gasteiger partial charge in [0.25, 0.3) is 0 Å². The zero-order valence-electron chi connectivity index (χ0n) is 4.10. The van der Waals surface area contributed by atoms with E-state index >= 15 is 0 Å². The Morgan fingerprint density at radius 1 is 1.71 bits per heavy atom. The van der Waals surface area contributed by atoms with Crippen molar-refractivity contribution in [1.82, 2.24) is 0 Å². The molecule has 1 nitrogen and oxygen atoms in total. The van der Waals surface area contributed by atoms with E-state index in [0.717, 1.165) is 6.42 Å². The van der Waals surface area contributed by atoms with Crippen LogP contribution in [0.15, 0.2) is 0 Å². The lowest BCUT2D eigenvalue weighted by Gasteiger charge is -1.95. The van der Waals surface area contributed by atoms with Crippen molar-refractivity contribution in [1.29, 1.82) is 0 Å². The minimum atomic E-state index is -0.931. The number of aliphatic hydroxyl groups is 1. The maximum absolute atomic E-state index is 12.1. The van der Waals surface area contributed by atoms with Crippen molar-refractivity contribution in [2.75, 3.05) is 0 Å². The number of rotatable bonds is 0. The van der Waals surface area contributed by atoms with E-state index in [0.29, 0.717) is 12.7 Å². The van der Waals surface area contributed by atoms with Crippen LogP contribution in [0.3, 0.4) is 0 Å². The Kier molecular flexibility index (Phi) is 1.33. The minimum Gasteiger partial charge on any atom is -0.398 e. The lowest BCUT2D eigenvalue weighted by molar-refractivity contribution is 0.240. The second kappa shape index (κ2) is 1.82. The van der Waals surface area contributed by atoms with Gasteiger partial charge in [0.1, 0.15) is 0 Å². The average Bonchev–Trinajstić information content (AvgIpc) is 1.91. The topological polar surface area (TPSA) is 20.2 Å². The van der Waals surface area contributed by atoms with E-state index in [9.17, 15) is 4.32 Å². The largest absolute Gasteiger partial charge is 0.398 e. The highest BCUT2D eigenvalue weighted by molar-refractivity contribution is 6.53. The van der Waals surface area contributed by atoms with Gasteiger partial charge in [-0.25, -0.2) is 0 Å². The van der Waals surface area contributed by atoms with Crippen LogP contribution in [-0.4, -0.2) is 18.1 Å². The number of hydrogen-bond acceptors (Lipinski definition) is 1. The van der Waals surface area contributed by atoms with E-state index in [-0.39, 0.29) is 0 Å². The van der Waals surface area contributed by atoms with Crippen molar-refractivity contribution in [3.05, 3.63) is 0 Å². The van der Waals surface area contributed by atoms with E-state index in [2.05, 4.69) is 0 Å². The Labute approximate surface area is 42.7 Å². The summed E-state index contributed by atoms with van der Waals surface area (Å²) < 4.78 is 12.1. The Morgan fingerprint density at radius 2 is 2.43 bits per heavy atom. The molecule has 0 radical (unpaired) electrons. The van der Waals surface area contributed by atoms with Crippen molar-refractivity contribution in [3.8, 4) is 0 Å².